The number of amides is 1. The van der Waals surface area contributed by atoms with Gasteiger partial charge in [-0.2, -0.15) is 0 Å². The lowest BCUT2D eigenvalue weighted by molar-refractivity contribution is 0.0927. The summed E-state index contributed by atoms with van der Waals surface area (Å²) in [5, 5.41) is 10.1. The molecular weight excluding hydrogens is 278 g/mol. The fourth-order valence-electron chi connectivity index (χ4n) is 2.74. The van der Waals surface area contributed by atoms with E-state index in [9.17, 15) is 4.79 Å². The van der Waals surface area contributed by atoms with Crippen molar-refractivity contribution < 1.29 is 9.90 Å². The summed E-state index contributed by atoms with van der Waals surface area (Å²) in [6.07, 6.45) is 11.3. The first-order chi connectivity index (χ1) is 10.8. The van der Waals surface area contributed by atoms with Gasteiger partial charge in [-0.05, 0) is 31.0 Å². The van der Waals surface area contributed by atoms with Crippen molar-refractivity contribution in [2.75, 3.05) is 7.11 Å². The van der Waals surface area contributed by atoms with Crippen molar-refractivity contribution in [1.82, 2.24) is 14.9 Å². The number of carbonyl (C=O) groups is 1. The number of imidazole rings is 1. The number of benzene rings is 1. The smallest absolute Gasteiger partial charge is 0.251 e. The van der Waals surface area contributed by atoms with Gasteiger partial charge in [0.15, 0.2) is 0 Å². The lowest BCUT2D eigenvalue weighted by atomic mass is 9.95. The van der Waals surface area contributed by atoms with Crippen molar-refractivity contribution in [3.8, 4) is 5.69 Å². The van der Waals surface area contributed by atoms with Crippen LogP contribution in [-0.2, 0) is 0 Å². The van der Waals surface area contributed by atoms with Crippen molar-refractivity contribution in [2.45, 2.75) is 38.1 Å². The minimum atomic E-state index is 0.0267. The van der Waals surface area contributed by atoms with Gasteiger partial charge in [-0.3, -0.25) is 4.79 Å². The van der Waals surface area contributed by atoms with Crippen molar-refractivity contribution in [3.63, 3.8) is 0 Å². The molecule has 1 fully saturated rings. The van der Waals surface area contributed by atoms with Gasteiger partial charge in [0.05, 0.1) is 6.33 Å². The van der Waals surface area contributed by atoms with E-state index in [4.69, 9.17) is 5.11 Å². The van der Waals surface area contributed by atoms with Gasteiger partial charge in [0, 0.05) is 36.8 Å². The Morgan fingerprint density at radius 1 is 1.27 bits per heavy atom. The molecule has 2 N–H and O–H groups in total. The lowest BCUT2D eigenvalue weighted by Crippen LogP contribution is -2.36. The van der Waals surface area contributed by atoms with Gasteiger partial charge >= 0.3 is 0 Å². The number of aliphatic hydroxyl groups excluding tert-OH is 1. The van der Waals surface area contributed by atoms with E-state index in [-0.39, 0.29) is 5.91 Å². The van der Waals surface area contributed by atoms with Crippen molar-refractivity contribution >= 4 is 5.91 Å². The summed E-state index contributed by atoms with van der Waals surface area (Å²) in [4.78, 5) is 16.3. The maximum Gasteiger partial charge on any atom is 0.251 e. The van der Waals surface area contributed by atoms with E-state index in [1.54, 1.807) is 12.5 Å². The van der Waals surface area contributed by atoms with Crippen LogP contribution in [0.3, 0.4) is 0 Å². The molecule has 1 amide bonds. The standard InChI is InChI=1S/C16H19N3O.CH4O/c20-16(18-14-6-2-1-3-7-14)13-5-4-8-15(11-13)19-10-9-17-12-19;1-2/h4-5,8-12,14H,1-3,6-7H2,(H,18,20);2H,1H3. The summed E-state index contributed by atoms with van der Waals surface area (Å²) in [7, 11) is 1.00. The van der Waals surface area contributed by atoms with Crippen LogP contribution in [0.2, 0.25) is 0 Å². The average molecular weight is 301 g/mol. The average Bonchev–Trinajstić information content (AvgIpc) is 3.12. The number of aromatic nitrogens is 2. The van der Waals surface area contributed by atoms with Crippen LogP contribution in [0.1, 0.15) is 42.5 Å². The molecule has 118 valence electrons. The molecule has 0 unspecified atom stereocenters. The zero-order chi connectivity index (χ0) is 15.8. The Morgan fingerprint density at radius 2 is 2.05 bits per heavy atom. The molecular formula is C17H23N3O2. The summed E-state index contributed by atoms with van der Waals surface area (Å²) in [6.45, 7) is 0. The van der Waals surface area contributed by atoms with Crippen molar-refractivity contribution in [1.29, 1.82) is 0 Å². The van der Waals surface area contributed by atoms with Crippen LogP contribution >= 0.6 is 0 Å². The zero-order valence-corrected chi connectivity index (χ0v) is 12.9. The molecule has 0 spiro atoms. The lowest BCUT2D eigenvalue weighted by Gasteiger charge is -2.22. The highest BCUT2D eigenvalue weighted by atomic mass is 16.2. The first-order valence-corrected chi connectivity index (χ1v) is 7.67. The summed E-state index contributed by atoms with van der Waals surface area (Å²) in [5.41, 5.74) is 1.67. The van der Waals surface area contributed by atoms with E-state index in [2.05, 4.69) is 10.3 Å². The second-order valence-electron chi connectivity index (χ2n) is 5.33. The summed E-state index contributed by atoms with van der Waals surface area (Å²) >= 11 is 0. The fourth-order valence-corrected chi connectivity index (χ4v) is 2.74. The van der Waals surface area contributed by atoms with E-state index in [1.165, 1.54) is 19.3 Å². The normalized spacial score (nSPS) is 14.8. The van der Waals surface area contributed by atoms with Crippen molar-refractivity contribution in [3.05, 3.63) is 48.5 Å². The Kier molecular flexibility index (Phi) is 6.15. The van der Waals surface area contributed by atoms with Crippen LogP contribution in [0.15, 0.2) is 43.0 Å². The summed E-state index contributed by atoms with van der Waals surface area (Å²) < 4.78 is 1.90. The number of hydrogen-bond acceptors (Lipinski definition) is 3. The number of nitrogens with zero attached hydrogens (tertiary/aromatic N) is 2. The number of carbonyl (C=O) groups excluding carboxylic acids is 1. The molecule has 5 heteroatoms. The van der Waals surface area contributed by atoms with Gasteiger partial charge in [-0.15, -0.1) is 0 Å². The van der Waals surface area contributed by atoms with Crippen LogP contribution in [-0.4, -0.2) is 33.7 Å². The Morgan fingerprint density at radius 3 is 2.73 bits per heavy atom. The highest BCUT2D eigenvalue weighted by molar-refractivity contribution is 5.94. The first kappa shape index (κ1) is 16.2. The molecule has 0 bridgehead atoms. The zero-order valence-electron chi connectivity index (χ0n) is 12.9. The minimum Gasteiger partial charge on any atom is -0.400 e. The molecule has 5 nitrogen and oxygen atoms in total. The third-order valence-electron chi connectivity index (χ3n) is 3.85. The number of aliphatic hydroxyl groups is 1. The molecule has 2 aromatic rings. The number of hydrogen-bond donors (Lipinski definition) is 2. The third kappa shape index (κ3) is 4.18. The van der Waals surface area contributed by atoms with Gasteiger partial charge in [-0.25, -0.2) is 4.98 Å². The molecule has 22 heavy (non-hydrogen) atoms. The minimum absolute atomic E-state index is 0.0267. The second-order valence-corrected chi connectivity index (χ2v) is 5.33. The SMILES string of the molecule is CO.O=C(NC1CCCCC1)c1cccc(-n2ccnc2)c1. The van der Waals surface area contributed by atoms with Crippen LogP contribution < -0.4 is 5.32 Å². The van der Waals surface area contributed by atoms with Crippen LogP contribution in [0.4, 0.5) is 0 Å². The summed E-state index contributed by atoms with van der Waals surface area (Å²) in [5.74, 6) is 0.0267. The topological polar surface area (TPSA) is 67.2 Å². The Bertz CT molecular complexity index is 575. The number of nitrogens with one attached hydrogen (secondary N) is 1. The third-order valence-corrected chi connectivity index (χ3v) is 3.85. The maximum absolute atomic E-state index is 12.3. The molecule has 0 atom stereocenters. The molecule has 0 radical (unpaired) electrons. The maximum atomic E-state index is 12.3. The highest BCUT2D eigenvalue weighted by Crippen LogP contribution is 2.18. The van der Waals surface area contributed by atoms with Crippen LogP contribution in [0.5, 0.6) is 0 Å². The largest absolute Gasteiger partial charge is 0.400 e. The molecule has 1 aliphatic carbocycles. The van der Waals surface area contributed by atoms with Gasteiger partial charge in [0.25, 0.3) is 5.91 Å². The molecule has 0 aliphatic heterocycles. The molecule has 1 aliphatic rings. The predicted molar refractivity (Wildman–Crippen MR) is 86.0 cm³/mol. The monoisotopic (exact) mass is 301 g/mol. The van der Waals surface area contributed by atoms with Gasteiger partial charge in [0.2, 0.25) is 0 Å². The van der Waals surface area contributed by atoms with E-state index in [0.717, 1.165) is 25.6 Å². The Balaban J connectivity index is 0.000000847. The molecule has 0 saturated heterocycles. The highest BCUT2D eigenvalue weighted by Gasteiger charge is 2.16. The molecule has 1 aromatic carbocycles. The van der Waals surface area contributed by atoms with Gasteiger partial charge in [0.1, 0.15) is 0 Å². The summed E-state index contributed by atoms with van der Waals surface area (Å²) in [6, 6.07) is 7.98. The molecule has 1 heterocycles. The number of rotatable bonds is 3. The molecule has 1 saturated carbocycles. The molecule has 3 rings (SSSR count). The van der Waals surface area contributed by atoms with Crippen molar-refractivity contribution in [2.24, 2.45) is 0 Å². The van der Waals surface area contributed by atoms with E-state index in [1.807, 2.05) is 35.0 Å². The quantitative estimate of drug-likeness (QED) is 0.915. The predicted octanol–water partition coefficient (Wildman–Crippen LogP) is 2.54. The van der Waals surface area contributed by atoms with E-state index >= 15 is 0 Å². The molecule has 1 aromatic heterocycles. The van der Waals surface area contributed by atoms with Crippen LogP contribution in [0, 0.1) is 0 Å². The fraction of sp³-hybridized carbons (Fsp3) is 0.412. The van der Waals surface area contributed by atoms with Gasteiger partial charge < -0.3 is 15.0 Å². The van der Waals surface area contributed by atoms with E-state index < -0.39 is 0 Å². The Labute approximate surface area is 131 Å². The van der Waals surface area contributed by atoms with Crippen LogP contribution in [0.25, 0.3) is 5.69 Å². The first-order valence-electron chi connectivity index (χ1n) is 7.67. The van der Waals surface area contributed by atoms with Gasteiger partial charge in [-0.1, -0.05) is 25.3 Å². The Hall–Kier alpha value is -2.14. The van der Waals surface area contributed by atoms with E-state index in [0.29, 0.717) is 11.6 Å². The second kappa shape index (κ2) is 8.34.